The predicted molar refractivity (Wildman–Crippen MR) is 71.0 cm³/mol. The van der Waals surface area contributed by atoms with Crippen LogP contribution in [0.25, 0.3) is 0 Å². The maximum atomic E-state index is 11.1. The lowest BCUT2D eigenvalue weighted by Gasteiger charge is -2.23. The first-order valence-electron chi connectivity index (χ1n) is 6.12. The number of nitrogens with one attached hydrogen (secondary N) is 1. The summed E-state index contributed by atoms with van der Waals surface area (Å²) in [7, 11) is 3.37. The van der Waals surface area contributed by atoms with E-state index in [4.69, 9.17) is 9.84 Å². The molecule has 0 heterocycles. The van der Waals surface area contributed by atoms with Gasteiger partial charge in [0, 0.05) is 11.6 Å². The number of ether oxygens (including phenoxy) is 1. The maximum Gasteiger partial charge on any atom is 0.308 e. The molecule has 0 radical (unpaired) electrons. The topological polar surface area (TPSA) is 58.6 Å². The third kappa shape index (κ3) is 3.01. The molecule has 0 aliphatic heterocycles. The number of aliphatic carboxylic acids is 1. The van der Waals surface area contributed by atoms with Crippen molar-refractivity contribution in [1.82, 2.24) is 5.32 Å². The highest BCUT2D eigenvalue weighted by Gasteiger charge is 2.26. The van der Waals surface area contributed by atoms with E-state index in [2.05, 4.69) is 12.2 Å². The average molecular weight is 251 g/mol. The number of carbonyl (C=O) groups is 1. The molecule has 2 atom stereocenters. The van der Waals surface area contributed by atoms with Crippen molar-refractivity contribution in [2.24, 2.45) is 5.92 Å². The van der Waals surface area contributed by atoms with Gasteiger partial charge in [0.05, 0.1) is 13.0 Å². The Balaban J connectivity index is 3.21. The maximum absolute atomic E-state index is 11.1. The van der Waals surface area contributed by atoms with Crippen molar-refractivity contribution < 1.29 is 14.6 Å². The number of aryl methyl sites for hydroxylation is 1. The number of hydrogen-bond donors (Lipinski definition) is 2. The number of rotatable bonds is 6. The molecule has 1 aromatic carbocycles. The van der Waals surface area contributed by atoms with Crippen molar-refractivity contribution in [3.05, 3.63) is 29.3 Å². The quantitative estimate of drug-likeness (QED) is 0.814. The van der Waals surface area contributed by atoms with Crippen LogP contribution in [-0.2, 0) is 11.2 Å². The van der Waals surface area contributed by atoms with Gasteiger partial charge in [0.1, 0.15) is 5.75 Å². The smallest absolute Gasteiger partial charge is 0.308 e. The summed E-state index contributed by atoms with van der Waals surface area (Å²) < 4.78 is 5.32. The minimum Gasteiger partial charge on any atom is -0.496 e. The Morgan fingerprint density at radius 1 is 1.50 bits per heavy atom. The summed E-state index contributed by atoms with van der Waals surface area (Å²) >= 11 is 0. The predicted octanol–water partition coefficient (Wildman–Crippen LogP) is 2.24. The minimum atomic E-state index is -0.821. The molecule has 0 aliphatic rings. The molecule has 100 valence electrons. The molecule has 0 aromatic heterocycles. The van der Waals surface area contributed by atoms with E-state index < -0.39 is 11.9 Å². The highest BCUT2D eigenvalue weighted by atomic mass is 16.5. The molecular weight excluding hydrogens is 230 g/mol. The van der Waals surface area contributed by atoms with E-state index in [1.165, 1.54) is 5.56 Å². The van der Waals surface area contributed by atoms with Crippen LogP contribution in [0, 0.1) is 5.92 Å². The summed E-state index contributed by atoms with van der Waals surface area (Å²) in [5.74, 6) is -0.617. The van der Waals surface area contributed by atoms with Crippen molar-refractivity contribution in [2.45, 2.75) is 26.3 Å². The lowest BCUT2D eigenvalue weighted by Crippen LogP contribution is -2.29. The Bertz CT molecular complexity index is 418. The van der Waals surface area contributed by atoms with Gasteiger partial charge in [-0.1, -0.05) is 26.0 Å². The van der Waals surface area contributed by atoms with Crippen LogP contribution in [0.4, 0.5) is 0 Å². The molecule has 2 unspecified atom stereocenters. The molecule has 0 saturated carbocycles. The first kappa shape index (κ1) is 14.5. The summed E-state index contributed by atoms with van der Waals surface area (Å²) in [6.45, 7) is 3.77. The molecule has 18 heavy (non-hydrogen) atoms. The Hall–Kier alpha value is -1.55. The first-order valence-corrected chi connectivity index (χ1v) is 6.12. The summed E-state index contributed by atoms with van der Waals surface area (Å²) in [5.41, 5.74) is 2.07. The molecule has 0 fully saturated rings. The highest BCUT2D eigenvalue weighted by Crippen LogP contribution is 2.31. The van der Waals surface area contributed by atoms with Gasteiger partial charge in [0.2, 0.25) is 0 Å². The molecule has 2 N–H and O–H groups in total. The van der Waals surface area contributed by atoms with Crippen LogP contribution in [0.15, 0.2) is 18.2 Å². The molecule has 4 nitrogen and oxygen atoms in total. The van der Waals surface area contributed by atoms with Crippen LogP contribution >= 0.6 is 0 Å². The van der Waals surface area contributed by atoms with Crippen molar-refractivity contribution in [2.75, 3.05) is 14.2 Å². The van der Waals surface area contributed by atoms with Gasteiger partial charge in [-0.2, -0.15) is 0 Å². The average Bonchev–Trinajstić information content (AvgIpc) is 2.39. The van der Waals surface area contributed by atoms with Gasteiger partial charge >= 0.3 is 5.97 Å². The van der Waals surface area contributed by atoms with Gasteiger partial charge in [0.15, 0.2) is 0 Å². The van der Waals surface area contributed by atoms with Crippen molar-refractivity contribution in [3.63, 3.8) is 0 Å². The Labute approximate surface area is 108 Å². The minimum absolute atomic E-state index is 0.260. The molecule has 0 bridgehead atoms. The van der Waals surface area contributed by atoms with E-state index in [0.717, 1.165) is 17.7 Å². The van der Waals surface area contributed by atoms with Crippen LogP contribution < -0.4 is 10.1 Å². The number of benzene rings is 1. The summed E-state index contributed by atoms with van der Waals surface area (Å²) in [6, 6.07) is 5.65. The fourth-order valence-electron chi connectivity index (χ4n) is 2.06. The zero-order chi connectivity index (χ0) is 13.7. The lowest BCUT2D eigenvalue weighted by molar-refractivity contribution is -0.142. The van der Waals surface area contributed by atoms with Gasteiger partial charge < -0.3 is 15.2 Å². The standard InChI is InChI=1S/C14H21NO3/c1-5-10-6-7-12(18-4)11(8-10)13(15-3)9(2)14(16)17/h6-9,13,15H,5H2,1-4H3,(H,16,17). The Kier molecular flexibility index (Phi) is 5.16. The number of carboxylic acid groups (broad SMARTS) is 1. The highest BCUT2D eigenvalue weighted by molar-refractivity contribution is 5.71. The van der Waals surface area contributed by atoms with Crippen LogP contribution in [0.2, 0.25) is 0 Å². The second-order valence-electron chi connectivity index (χ2n) is 4.32. The van der Waals surface area contributed by atoms with E-state index >= 15 is 0 Å². The lowest BCUT2D eigenvalue weighted by atomic mass is 9.92. The van der Waals surface area contributed by atoms with Crippen molar-refractivity contribution in [3.8, 4) is 5.75 Å². The molecule has 1 aromatic rings. The molecule has 0 spiro atoms. The number of carboxylic acids is 1. The molecule has 0 aliphatic carbocycles. The molecule has 1 rings (SSSR count). The first-order chi connectivity index (χ1) is 8.54. The van der Waals surface area contributed by atoms with Crippen LogP contribution in [0.5, 0.6) is 5.75 Å². The van der Waals surface area contributed by atoms with Crippen LogP contribution in [0.3, 0.4) is 0 Å². The zero-order valence-corrected chi connectivity index (χ0v) is 11.4. The monoisotopic (exact) mass is 251 g/mol. The number of hydrogen-bond acceptors (Lipinski definition) is 3. The van der Waals surface area contributed by atoms with E-state index in [1.807, 2.05) is 18.2 Å². The van der Waals surface area contributed by atoms with Gasteiger partial charge in [-0.3, -0.25) is 4.79 Å². The fraction of sp³-hybridized carbons (Fsp3) is 0.500. The van der Waals surface area contributed by atoms with E-state index in [0.29, 0.717) is 0 Å². The largest absolute Gasteiger partial charge is 0.496 e. The summed E-state index contributed by atoms with van der Waals surface area (Å²) in [6.07, 6.45) is 0.912. The molecule has 4 heteroatoms. The van der Waals surface area contributed by atoms with E-state index in [9.17, 15) is 4.79 Å². The van der Waals surface area contributed by atoms with E-state index in [-0.39, 0.29) is 6.04 Å². The normalized spacial score (nSPS) is 14.0. The third-order valence-corrected chi connectivity index (χ3v) is 3.24. The summed E-state index contributed by atoms with van der Waals surface area (Å²) in [5, 5.41) is 12.2. The second-order valence-corrected chi connectivity index (χ2v) is 4.32. The van der Waals surface area contributed by atoms with Crippen molar-refractivity contribution >= 4 is 5.97 Å². The Morgan fingerprint density at radius 3 is 2.61 bits per heavy atom. The summed E-state index contributed by atoms with van der Waals surface area (Å²) in [4.78, 5) is 11.1. The molecule has 0 amide bonds. The van der Waals surface area contributed by atoms with Gasteiger partial charge in [-0.15, -0.1) is 0 Å². The van der Waals surface area contributed by atoms with Crippen LogP contribution in [0.1, 0.15) is 31.0 Å². The molecule has 0 saturated heterocycles. The van der Waals surface area contributed by atoms with Crippen molar-refractivity contribution in [1.29, 1.82) is 0 Å². The van der Waals surface area contributed by atoms with Gasteiger partial charge in [0.25, 0.3) is 0 Å². The van der Waals surface area contributed by atoms with Crippen LogP contribution in [-0.4, -0.2) is 25.2 Å². The SMILES string of the molecule is CCc1ccc(OC)c(C(NC)C(C)C(=O)O)c1. The fourth-order valence-corrected chi connectivity index (χ4v) is 2.06. The van der Waals surface area contributed by atoms with Gasteiger partial charge in [-0.05, 0) is 25.1 Å². The molecular formula is C14H21NO3. The zero-order valence-electron chi connectivity index (χ0n) is 11.4. The third-order valence-electron chi connectivity index (χ3n) is 3.24. The van der Waals surface area contributed by atoms with Gasteiger partial charge in [-0.25, -0.2) is 0 Å². The number of methoxy groups -OCH3 is 1. The van der Waals surface area contributed by atoms with E-state index in [1.54, 1.807) is 21.1 Å². The Morgan fingerprint density at radius 2 is 2.17 bits per heavy atom. The second kappa shape index (κ2) is 6.40.